The van der Waals surface area contributed by atoms with E-state index in [2.05, 4.69) is 25.5 Å². The number of imide groups is 1. The molecule has 0 aromatic carbocycles. The zero-order valence-corrected chi connectivity index (χ0v) is 14.1. The largest absolute Gasteiger partial charge is 0.472 e. The zero-order chi connectivity index (χ0) is 17.6. The van der Waals surface area contributed by atoms with E-state index in [0.717, 1.165) is 18.9 Å². The molecule has 0 saturated carbocycles. The van der Waals surface area contributed by atoms with Gasteiger partial charge >= 0.3 is 6.03 Å². The van der Waals surface area contributed by atoms with E-state index >= 15 is 0 Å². The summed E-state index contributed by atoms with van der Waals surface area (Å²) in [6.07, 6.45) is 2.64. The molecule has 0 bridgehead atoms. The molecular formula is C16H22N6O3. The molecule has 1 unspecified atom stereocenters. The van der Waals surface area contributed by atoms with Gasteiger partial charge in [0.25, 0.3) is 0 Å². The lowest BCUT2D eigenvalue weighted by molar-refractivity contribution is -0.124. The van der Waals surface area contributed by atoms with Gasteiger partial charge in [0.1, 0.15) is 6.10 Å². The molecule has 25 heavy (non-hydrogen) atoms. The van der Waals surface area contributed by atoms with Crippen molar-refractivity contribution in [3.8, 4) is 5.88 Å². The van der Waals surface area contributed by atoms with Crippen molar-refractivity contribution in [3.05, 3.63) is 24.4 Å². The summed E-state index contributed by atoms with van der Waals surface area (Å²) >= 11 is 0. The van der Waals surface area contributed by atoms with Crippen molar-refractivity contribution in [2.75, 3.05) is 39.8 Å². The number of urea groups is 1. The van der Waals surface area contributed by atoms with Crippen LogP contribution in [-0.4, -0.2) is 78.6 Å². The molecule has 134 valence electrons. The van der Waals surface area contributed by atoms with E-state index in [9.17, 15) is 9.59 Å². The molecule has 1 atom stereocenters. The highest BCUT2D eigenvalue weighted by Gasteiger charge is 2.29. The Morgan fingerprint density at radius 2 is 2.36 bits per heavy atom. The van der Waals surface area contributed by atoms with E-state index in [1.165, 1.54) is 4.90 Å². The van der Waals surface area contributed by atoms with Gasteiger partial charge < -0.3 is 20.3 Å². The summed E-state index contributed by atoms with van der Waals surface area (Å²) in [5, 5.41) is 5.70. The molecule has 9 nitrogen and oxygen atoms in total. The van der Waals surface area contributed by atoms with E-state index in [-0.39, 0.29) is 24.6 Å². The van der Waals surface area contributed by atoms with E-state index < -0.39 is 0 Å². The first kappa shape index (κ1) is 17.0. The molecule has 1 aromatic rings. The standard InChI is InChI=1S/C16H22N6O3/c1-17-15(19-7-9-22-14(23)10-20-16(22)24)21-8-5-12(11-21)25-13-4-2-3-6-18-13/h2-4,6,12H,5,7-11H2,1H3,(H,17,19)(H,20,24). The Labute approximate surface area is 146 Å². The van der Waals surface area contributed by atoms with E-state index in [4.69, 9.17) is 4.74 Å². The van der Waals surface area contributed by atoms with E-state index in [1.54, 1.807) is 13.2 Å². The van der Waals surface area contributed by atoms with Crippen LogP contribution in [0.1, 0.15) is 6.42 Å². The molecule has 0 radical (unpaired) electrons. The Morgan fingerprint density at radius 3 is 3.04 bits per heavy atom. The van der Waals surface area contributed by atoms with Gasteiger partial charge in [-0.1, -0.05) is 6.07 Å². The number of nitrogens with zero attached hydrogens (tertiary/aromatic N) is 4. The zero-order valence-electron chi connectivity index (χ0n) is 14.1. The minimum Gasteiger partial charge on any atom is -0.472 e. The molecule has 2 N–H and O–H groups in total. The fraction of sp³-hybridized carbons (Fsp3) is 0.500. The molecule has 1 aromatic heterocycles. The minimum absolute atomic E-state index is 0.0550. The smallest absolute Gasteiger partial charge is 0.324 e. The molecule has 2 aliphatic rings. The third kappa shape index (κ3) is 4.17. The van der Waals surface area contributed by atoms with Gasteiger partial charge in [-0.25, -0.2) is 9.78 Å². The average Bonchev–Trinajstić information content (AvgIpc) is 3.20. The maximum Gasteiger partial charge on any atom is 0.324 e. The fourth-order valence-corrected chi connectivity index (χ4v) is 2.90. The second-order valence-electron chi connectivity index (χ2n) is 5.82. The number of guanidine groups is 1. The quantitative estimate of drug-likeness (QED) is 0.430. The number of pyridine rings is 1. The molecule has 0 spiro atoms. The second kappa shape index (κ2) is 7.82. The summed E-state index contributed by atoms with van der Waals surface area (Å²) < 4.78 is 5.87. The third-order valence-corrected chi connectivity index (χ3v) is 4.14. The average molecular weight is 346 g/mol. The van der Waals surface area contributed by atoms with Gasteiger partial charge in [-0.2, -0.15) is 0 Å². The van der Waals surface area contributed by atoms with Crippen molar-refractivity contribution in [2.24, 2.45) is 4.99 Å². The van der Waals surface area contributed by atoms with Crippen LogP contribution in [0.4, 0.5) is 4.79 Å². The van der Waals surface area contributed by atoms with E-state index in [1.807, 2.05) is 18.2 Å². The Morgan fingerprint density at radius 1 is 1.48 bits per heavy atom. The Kier molecular flexibility index (Phi) is 5.32. The van der Waals surface area contributed by atoms with Crippen molar-refractivity contribution >= 4 is 17.9 Å². The predicted molar refractivity (Wildman–Crippen MR) is 91.3 cm³/mol. The normalized spacial score (nSPS) is 20.8. The maximum atomic E-state index is 11.6. The summed E-state index contributed by atoms with van der Waals surface area (Å²) in [5.41, 5.74) is 0. The number of likely N-dealkylation sites (tertiary alicyclic amines) is 1. The first-order valence-electron chi connectivity index (χ1n) is 8.29. The first-order chi connectivity index (χ1) is 12.2. The first-order valence-corrected chi connectivity index (χ1v) is 8.29. The van der Waals surface area contributed by atoms with Gasteiger partial charge in [-0.15, -0.1) is 0 Å². The number of nitrogens with one attached hydrogen (secondary N) is 2. The molecule has 9 heteroatoms. The summed E-state index contributed by atoms with van der Waals surface area (Å²) in [5.74, 6) is 1.15. The number of hydrogen-bond acceptors (Lipinski definition) is 5. The molecule has 3 amide bonds. The number of ether oxygens (including phenoxy) is 1. The highest BCUT2D eigenvalue weighted by atomic mass is 16.5. The third-order valence-electron chi connectivity index (χ3n) is 4.14. The van der Waals surface area contributed by atoms with Crippen molar-refractivity contribution in [3.63, 3.8) is 0 Å². The highest BCUT2D eigenvalue weighted by Crippen LogP contribution is 2.16. The van der Waals surface area contributed by atoms with Crippen LogP contribution in [0.25, 0.3) is 0 Å². The van der Waals surface area contributed by atoms with Gasteiger partial charge in [-0.05, 0) is 6.07 Å². The fourth-order valence-electron chi connectivity index (χ4n) is 2.90. The molecule has 2 saturated heterocycles. The van der Waals surface area contributed by atoms with Crippen LogP contribution < -0.4 is 15.4 Å². The van der Waals surface area contributed by atoms with Gasteiger partial charge in [0.05, 0.1) is 13.1 Å². The van der Waals surface area contributed by atoms with Crippen LogP contribution in [0, 0.1) is 0 Å². The van der Waals surface area contributed by atoms with Crippen LogP contribution in [0.2, 0.25) is 0 Å². The van der Waals surface area contributed by atoms with Crippen LogP contribution in [-0.2, 0) is 4.79 Å². The number of hydrogen-bond donors (Lipinski definition) is 2. The monoisotopic (exact) mass is 346 g/mol. The summed E-state index contributed by atoms with van der Waals surface area (Å²) in [7, 11) is 1.71. The van der Waals surface area contributed by atoms with Crippen LogP contribution in [0.15, 0.2) is 29.4 Å². The summed E-state index contributed by atoms with van der Waals surface area (Å²) in [4.78, 5) is 34.8. The molecule has 3 heterocycles. The van der Waals surface area contributed by atoms with Crippen molar-refractivity contribution < 1.29 is 14.3 Å². The topological polar surface area (TPSA) is 99.2 Å². The number of amides is 3. The van der Waals surface area contributed by atoms with Gasteiger partial charge in [0.15, 0.2) is 5.96 Å². The predicted octanol–water partition coefficient (Wildman–Crippen LogP) is -0.338. The molecule has 2 fully saturated rings. The maximum absolute atomic E-state index is 11.6. The highest BCUT2D eigenvalue weighted by molar-refractivity contribution is 6.01. The molecule has 0 aliphatic carbocycles. The van der Waals surface area contributed by atoms with Crippen molar-refractivity contribution in [1.82, 2.24) is 25.4 Å². The van der Waals surface area contributed by atoms with Crippen molar-refractivity contribution in [1.29, 1.82) is 0 Å². The summed E-state index contributed by atoms with van der Waals surface area (Å²) in [6.45, 7) is 2.37. The van der Waals surface area contributed by atoms with Crippen LogP contribution >= 0.6 is 0 Å². The van der Waals surface area contributed by atoms with Gasteiger partial charge in [0, 0.05) is 45.4 Å². The van der Waals surface area contributed by atoms with E-state index in [0.29, 0.717) is 25.5 Å². The van der Waals surface area contributed by atoms with Crippen LogP contribution in [0.3, 0.4) is 0 Å². The SMILES string of the molecule is CN=C(NCCN1C(=O)CNC1=O)N1CCC(Oc2ccccn2)C1. The molecule has 3 rings (SSSR count). The Balaban J connectivity index is 1.45. The van der Waals surface area contributed by atoms with Gasteiger partial charge in [-0.3, -0.25) is 14.7 Å². The van der Waals surface area contributed by atoms with Crippen LogP contribution in [0.5, 0.6) is 5.88 Å². The van der Waals surface area contributed by atoms with Crippen molar-refractivity contribution in [2.45, 2.75) is 12.5 Å². The number of carbonyl (C=O) groups excluding carboxylic acids is 2. The Bertz CT molecular complexity index is 635. The number of carbonyl (C=O) groups is 2. The number of aromatic nitrogens is 1. The lowest BCUT2D eigenvalue weighted by Gasteiger charge is -2.22. The Hall–Kier alpha value is -2.84. The molecule has 2 aliphatic heterocycles. The number of rotatable bonds is 5. The number of aliphatic imine (C=N–C) groups is 1. The van der Waals surface area contributed by atoms with Gasteiger partial charge in [0.2, 0.25) is 11.8 Å². The molecular weight excluding hydrogens is 324 g/mol. The lowest BCUT2D eigenvalue weighted by Crippen LogP contribution is -2.45. The lowest BCUT2D eigenvalue weighted by atomic mass is 10.3. The second-order valence-corrected chi connectivity index (χ2v) is 5.82. The minimum atomic E-state index is -0.341. The summed E-state index contributed by atoms with van der Waals surface area (Å²) in [6, 6.07) is 5.25.